The second-order valence-corrected chi connectivity index (χ2v) is 4.94. The molecule has 1 aliphatic rings. The van der Waals surface area contributed by atoms with E-state index < -0.39 is 0 Å². The number of rotatable bonds is 4. The van der Waals surface area contributed by atoms with Crippen LogP contribution in [-0.4, -0.2) is 0 Å². The van der Waals surface area contributed by atoms with Crippen LogP contribution in [0.1, 0.15) is 49.1 Å². The van der Waals surface area contributed by atoms with E-state index in [1.165, 1.54) is 37.7 Å². The van der Waals surface area contributed by atoms with Crippen LogP contribution >= 0.6 is 0 Å². The smallest absolute Gasteiger partial charge is 0.00943 e. The van der Waals surface area contributed by atoms with Gasteiger partial charge in [0.05, 0.1) is 0 Å². The molecule has 1 aromatic rings. The molecule has 0 spiro atoms. The van der Waals surface area contributed by atoms with Gasteiger partial charge in [-0.15, -0.1) is 0 Å². The zero-order valence-corrected chi connectivity index (χ0v) is 10.6. The summed E-state index contributed by atoms with van der Waals surface area (Å²) in [5.41, 5.74) is 2.93. The fourth-order valence-electron chi connectivity index (χ4n) is 2.66. The van der Waals surface area contributed by atoms with Crippen LogP contribution in [0.5, 0.6) is 0 Å². The minimum Gasteiger partial charge on any atom is -0.0991 e. The average molecular weight is 226 g/mol. The number of benzene rings is 1. The molecular weight excluding hydrogens is 204 g/mol. The highest BCUT2D eigenvalue weighted by atomic mass is 14.2. The topological polar surface area (TPSA) is 0 Å². The average Bonchev–Trinajstić information content (AvgIpc) is 2.41. The molecule has 1 aliphatic carbocycles. The van der Waals surface area contributed by atoms with Crippen LogP contribution in [0.3, 0.4) is 0 Å². The second-order valence-electron chi connectivity index (χ2n) is 4.94. The Hall–Kier alpha value is -1.30. The Labute approximate surface area is 105 Å². The zero-order valence-electron chi connectivity index (χ0n) is 10.6. The molecule has 0 unspecified atom stereocenters. The summed E-state index contributed by atoms with van der Waals surface area (Å²) >= 11 is 0. The molecule has 0 nitrogen and oxygen atoms in total. The Morgan fingerprint density at radius 1 is 1.06 bits per heavy atom. The second kappa shape index (κ2) is 6.44. The molecule has 17 heavy (non-hydrogen) atoms. The Morgan fingerprint density at radius 2 is 1.76 bits per heavy atom. The largest absolute Gasteiger partial charge is 0.0991 e. The van der Waals surface area contributed by atoms with Gasteiger partial charge in [0.25, 0.3) is 0 Å². The van der Waals surface area contributed by atoms with E-state index in [1.54, 1.807) is 5.56 Å². The van der Waals surface area contributed by atoms with Gasteiger partial charge in [-0.2, -0.15) is 0 Å². The quantitative estimate of drug-likeness (QED) is 0.632. The molecule has 0 saturated heterocycles. The van der Waals surface area contributed by atoms with Gasteiger partial charge in [0.1, 0.15) is 0 Å². The number of hydrogen-bond acceptors (Lipinski definition) is 0. The highest BCUT2D eigenvalue weighted by molar-refractivity contribution is 5.27. The summed E-state index contributed by atoms with van der Waals surface area (Å²) in [5, 5.41) is 0. The van der Waals surface area contributed by atoms with Crippen molar-refractivity contribution < 1.29 is 0 Å². The van der Waals surface area contributed by atoms with Crippen molar-refractivity contribution in [2.75, 3.05) is 0 Å². The Balaban J connectivity index is 1.96. The van der Waals surface area contributed by atoms with Crippen molar-refractivity contribution in [1.29, 1.82) is 0 Å². The van der Waals surface area contributed by atoms with Gasteiger partial charge in [-0.25, -0.2) is 0 Å². The fraction of sp³-hybridized carbons (Fsp3) is 0.412. The summed E-state index contributed by atoms with van der Waals surface area (Å²) in [7, 11) is 0. The lowest BCUT2D eigenvalue weighted by atomic mass is 9.84. The molecule has 0 aliphatic heterocycles. The van der Waals surface area contributed by atoms with E-state index in [0.29, 0.717) is 0 Å². The van der Waals surface area contributed by atoms with Crippen LogP contribution in [0.2, 0.25) is 0 Å². The predicted octanol–water partition coefficient (Wildman–Crippen LogP) is 5.02. The molecule has 1 saturated carbocycles. The Morgan fingerprint density at radius 3 is 2.41 bits per heavy atom. The van der Waals surface area contributed by atoms with Crippen LogP contribution in [0.4, 0.5) is 0 Å². The third-order valence-electron chi connectivity index (χ3n) is 3.68. The maximum Gasteiger partial charge on any atom is -0.00943 e. The normalized spacial score (nSPS) is 17.4. The summed E-state index contributed by atoms with van der Waals surface area (Å²) in [6.07, 6.45) is 14.0. The van der Waals surface area contributed by atoms with E-state index in [2.05, 4.69) is 36.9 Å². The molecular formula is C17H22. The summed E-state index contributed by atoms with van der Waals surface area (Å²) < 4.78 is 0. The van der Waals surface area contributed by atoms with E-state index in [-0.39, 0.29) is 0 Å². The van der Waals surface area contributed by atoms with E-state index >= 15 is 0 Å². The minimum absolute atomic E-state index is 0.821. The van der Waals surface area contributed by atoms with Crippen molar-refractivity contribution in [1.82, 2.24) is 0 Å². The highest BCUT2D eigenvalue weighted by Crippen LogP contribution is 2.32. The minimum atomic E-state index is 0.821. The van der Waals surface area contributed by atoms with Crippen molar-refractivity contribution in [2.24, 2.45) is 0 Å². The summed E-state index contributed by atoms with van der Waals surface area (Å²) in [6.45, 7) is 3.68. The monoisotopic (exact) mass is 226 g/mol. The zero-order chi connectivity index (χ0) is 11.9. The van der Waals surface area contributed by atoms with Crippen LogP contribution in [-0.2, 0) is 6.42 Å². The van der Waals surface area contributed by atoms with E-state index in [9.17, 15) is 0 Å². The molecule has 2 rings (SSSR count). The van der Waals surface area contributed by atoms with Crippen molar-refractivity contribution in [3.8, 4) is 0 Å². The first-order chi connectivity index (χ1) is 8.40. The van der Waals surface area contributed by atoms with Crippen LogP contribution in [0, 0.1) is 0 Å². The van der Waals surface area contributed by atoms with Gasteiger partial charge in [0.15, 0.2) is 0 Å². The van der Waals surface area contributed by atoms with Gasteiger partial charge < -0.3 is 0 Å². The molecule has 0 N–H and O–H groups in total. The Bertz CT molecular complexity index is 364. The molecule has 1 aromatic carbocycles. The molecule has 0 atom stereocenters. The third kappa shape index (κ3) is 3.59. The van der Waals surface area contributed by atoms with Crippen LogP contribution in [0.25, 0.3) is 0 Å². The lowest BCUT2D eigenvalue weighted by Gasteiger charge is -2.22. The molecule has 0 amide bonds. The maximum absolute atomic E-state index is 3.68. The molecule has 0 bridgehead atoms. The third-order valence-corrected chi connectivity index (χ3v) is 3.68. The molecule has 90 valence electrons. The van der Waals surface area contributed by atoms with Crippen LogP contribution in [0.15, 0.2) is 49.1 Å². The number of allylic oxidation sites excluding steroid dienone is 3. The van der Waals surface area contributed by atoms with Gasteiger partial charge in [-0.1, -0.05) is 68.3 Å². The molecule has 0 heterocycles. The predicted molar refractivity (Wildman–Crippen MR) is 75.3 cm³/mol. The first-order valence-corrected chi connectivity index (χ1v) is 6.76. The van der Waals surface area contributed by atoms with Crippen molar-refractivity contribution in [2.45, 2.75) is 44.4 Å². The lowest BCUT2D eigenvalue weighted by molar-refractivity contribution is 0.443. The van der Waals surface area contributed by atoms with Gasteiger partial charge in [-0.3, -0.25) is 0 Å². The molecule has 0 radical (unpaired) electrons. The molecule has 0 heteroatoms. The van der Waals surface area contributed by atoms with Crippen molar-refractivity contribution in [3.63, 3.8) is 0 Å². The summed E-state index contributed by atoms with van der Waals surface area (Å²) in [6, 6.07) is 9.20. The SMILES string of the molecule is C=C/C=C\Cc1ccc(C2CCCCC2)cc1. The van der Waals surface area contributed by atoms with E-state index in [1.807, 2.05) is 12.2 Å². The fourth-order valence-corrected chi connectivity index (χ4v) is 2.66. The van der Waals surface area contributed by atoms with Crippen molar-refractivity contribution >= 4 is 0 Å². The summed E-state index contributed by atoms with van der Waals surface area (Å²) in [4.78, 5) is 0. The standard InChI is InChI=1S/C17H22/c1-2-3-5-8-15-11-13-17(14-12-15)16-9-6-4-7-10-16/h2-3,5,11-14,16H,1,4,6-10H2/b5-3-. The summed E-state index contributed by atoms with van der Waals surface area (Å²) in [5.74, 6) is 0.821. The first kappa shape index (κ1) is 12.2. The van der Waals surface area contributed by atoms with E-state index in [4.69, 9.17) is 0 Å². The van der Waals surface area contributed by atoms with Crippen LogP contribution < -0.4 is 0 Å². The lowest BCUT2D eigenvalue weighted by Crippen LogP contribution is -2.04. The molecule has 0 aromatic heterocycles. The van der Waals surface area contributed by atoms with Gasteiger partial charge in [0.2, 0.25) is 0 Å². The Kier molecular flexibility index (Phi) is 4.61. The van der Waals surface area contributed by atoms with Gasteiger partial charge >= 0.3 is 0 Å². The maximum atomic E-state index is 3.68. The van der Waals surface area contributed by atoms with E-state index in [0.717, 1.165) is 12.3 Å². The van der Waals surface area contributed by atoms with Gasteiger partial charge in [0, 0.05) is 0 Å². The number of hydrogen-bond donors (Lipinski definition) is 0. The first-order valence-electron chi connectivity index (χ1n) is 6.76. The van der Waals surface area contributed by atoms with Gasteiger partial charge in [-0.05, 0) is 36.3 Å². The van der Waals surface area contributed by atoms with Crippen molar-refractivity contribution in [3.05, 3.63) is 60.2 Å². The highest BCUT2D eigenvalue weighted by Gasteiger charge is 2.14. The molecule has 1 fully saturated rings.